The second-order valence-corrected chi connectivity index (χ2v) is 8.67. The van der Waals surface area contributed by atoms with Crippen molar-refractivity contribution in [3.63, 3.8) is 0 Å². The molecular formula is C21H27N3O4S. The number of anilines is 1. The second-order valence-electron chi connectivity index (χ2n) is 7.02. The Kier molecular flexibility index (Phi) is 7.24. The summed E-state index contributed by atoms with van der Waals surface area (Å²) in [5, 5.41) is 2.87. The van der Waals surface area contributed by atoms with Crippen LogP contribution in [0.1, 0.15) is 22.3 Å². The summed E-state index contributed by atoms with van der Waals surface area (Å²) in [6, 6.07) is 13.4. The number of hydrogen-bond acceptors (Lipinski definition) is 5. The minimum atomic E-state index is -3.79. The topological polar surface area (TPSA) is 87.7 Å². The van der Waals surface area contributed by atoms with Crippen LogP contribution >= 0.6 is 0 Å². The molecule has 0 spiro atoms. The number of ether oxygens (including phenoxy) is 1. The zero-order chi connectivity index (χ0) is 20.7. The van der Waals surface area contributed by atoms with Crippen LogP contribution in [0.3, 0.4) is 0 Å². The molecule has 0 aromatic heterocycles. The van der Waals surface area contributed by atoms with Gasteiger partial charge in [-0.2, -0.15) is 0 Å². The number of aryl methyl sites for hydroxylation is 1. The summed E-state index contributed by atoms with van der Waals surface area (Å²) in [7, 11) is -3.79. The normalized spacial score (nSPS) is 15.1. The molecule has 0 saturated carbocycles. The molecule has 1 saturated heterocycles. The molecule has 8 heteroatoms. The maximum atomic E-state index is 12.8. The van der Waals surface area contributed by atoms with E-state index in [1.165, 1.54) is 6.07 Å². The molecule has 0 atom stereocenters. The van der Waals surface area contributed by atoms with Crippen LogP contribution in [-0.2, 0) is 14.8 Å². The predicted octanol–water partition coefficient (Wildman–Crippen LogP) is 2.25. The molecule has 1 aliphatic heterocycles. The fraction of sp³-hybridized carbons (Fsp3) is 0.381. The van der Waals surface area contributed by atoms with E-state index in [2.05, 4.69) is 14.9 Å². The lowest BCUT2D eigenvalue weighted by Gasteiger charge is -2.26. The lowest BCUT2D eigenvalue weighted by atomic mass is 10.1. The first-order chi connectivity index (χ1) is 14.0. The zero-order valence-electron chi connectivity index (χ0n) is 16.6. The van der Waals surface area contributed by atoms with Crippen molar-refractivity contribution in [1.82, 2.24) is 10.2 Å². The SMILES string of the molecule is Cc1ccc(C(=O)NCCCN2CCOCC2)cc1S(=O)(=O)Nc1ccccc1. The maximum absolute atomic E-state index is 12.8. The number of sulfonamides is 1. The molecule has 0 aliphatic carbocycles. The number of rotatable bonds is 8. The first-order valence-corrected chi connectivity index (χ1v) is 11.2. The largest absolute Gasteiger partial charge is 0.379 e. The van der Waals surface area contributed by atoms with Gasteiger partial charge in [0.1, 0.15) is 0 Å². The van der Waals surface area contributed by atoms with E-state index in [1.807, 2.05) is 6.07 Å². The molecule has 2 aromatic rings. The average Bonchev–Trinajstić information content (AvgIpc) is 2.72. The molecule has 0 radical (unpaired) electrons. The quantitative estimate of drug-likeness (QED) is 0.643. The highest BCUT2D eigenvalue weighted by atomic mass is 32.2. The van der Waals surface area contributed by atoms with Gasteiger partial charge in [0, 0.05) is 30.9 Å². The van der Waals surface area contributed by atoms with E-state index in [1.54, 1.807) is 43.3 Å². The van der Waals surface area contributed by atoms with E-state index < -0.39 is 10.0 Å². The van der Waals surface area contributed by atoms with Gasteiger partial charge in [0.25, 0.3) is 15.9 Å². The number of morpholine rings is 1. The van der Waals surface area contributed by atoms with E-state index in [4.69, 9.17) is 4.74 Å². The minimum absolute atomic E-state index is 0.0994. The van der Waals surface area contributed by atoms with Crippen molar-refractivity contribution >= 4 is 21.6 Å². The standard InChI is InChI=1S/C21H27N3O4S/c1-17-8-9-18(21(25)22-10-5-11-24-12-14-28-15-13-24)16-20(17)29(26,27)23-19-6-3-2-4-7-19/h2-4,6-9,16,23H,5,10-15H2,1H3,(H,22,25). The smallest absolute Gasteiger partial charge is 0.262 e. The number of nitrogens with one attached hydrogen (secondary N) is 2. The van der Waals surface area contributed by atoms with Crippen molar-refractivity contribution in [2.75, 3.05) is 44.1 Å². The fourth-order valence-corrected chi connectivity index (χ4v) is 4.51. The lowest BCUT2D eigenvalue weighted by Crippen LogP contribution is -2.38. The number of benzene rings is 2. The van der Waals surface area contributed by atoms with Crippen LogP contribution in [0.15, 0.2) is 53.4 Å². The Balaban J connectivity index is 1.60. The average molecular weight is 418 g/mol. The van der Waals surface area contributed by atoms with Crippen LogP contribution in [0.25, 0.3) is 0 Å². The first kappa shape index (κ1) is 21.3. The number of hydrogen-bond donors (Lipinski definition) is 2. The van der Waals surface area contributed by atoms with Crippen LogP contribution in [0, 0.1) is 6.92 Å². The van der Waals surface area contributed by atoms with Crippen LogP contribution in [0.2, 0.25) is 0 Å². The Hall–Kier alpha value is -2.42. The minimum Gasteiger partial charge on any atom is -0.379 e. The Labute approximate surface area is 172 Å². The van der Waals surface area contributed by atoms with Crippen LogP contribution in [-0.4, -0.2) is 58.6 Å². The molecule has 0 unspecified atom stereocenters. The summed E-state index contributed by atoms with van der Waals surface area (Å²) in [6.07, 6.45) is 0.832. The van der Waals surface area contributed by atoms with E-state index in [-0.39, 0.29) is 10.8 Å². The third kappa shape index (κ3) is 6.03. The Morgan fingerprint density at radius 1 is 1.10 bits per heavy atom. The monoisotopic (exact) mass is 417 g/mol. The fourth-order valence-electron chi connectivity index (χ4n) is 3.18. The summed E-state index contributed by atoms with van der Waals surface area (Å²) >= 11 is 0. The van der Waals surface area contributed by atoms with Crippen molar-refractivity contribution in [3.8, 4) is 0 Å². The molecule has 2 aromatic carbocycles. The molecule has 156 valence electrons. The summed E-state index contributed by atoms with van der Waals surface area (Å²) in [5.74, 6) is -0.275. The van der Waals surface area contributed by atoms with Gasteiger partial charge in [-0.1, -0.05) is 24.3 Å². The number of para-hydroxylation sites is 1. The maximum Gasteiger partial charge on any atom is 0.262 e. The highest BCUT2D eigenvalue weighted by Gasteiger charge is 2.19. The van der Waals surface area contributed by atoms with Crippen LogP contribution in [0.4, 0.5) is 5.69 Å². The van der Waals surface area contributed by atoms with E-state index in [9.17, 15) is 13.2 Å². The summed E-state index contributed by atoms with van der Waals surface area (Å²) in [6.45, 7) is 6.49. The lowest BCUT2D eigenvalue weighted by molar-refractivity contribution is 0.0374. The molecule has 29 heavy (non-hydrogen) atoms. The number of nitrogens with zero attached hydrogens (tertiary/aromatic N) is 1. The van der Waals surface area contributed by atoms with Gasteiger partial charge in [-0.15, -0.1) is 0 Å². The van der Waals surface area contributed by atoms with Crippen molar-refractivity contribution in [3.05, 3.63) is 59.7 Å². The third-order valence-electron chi connectivity index (χ3n) is 4.81. The highest BCUT2D eigenvalue weighted by Crippen LogP contribution is 2.20. The van der Waals surface area contributed by atoms with Gasteiger partial charge in [0.15, 0.2) is 0 Å². The van der Waals surface area contributed by atoms with Crippen LogP contribution < -0.4 is 10.0 Å². The molecule has 3 rings (SSSR count). The number of carbonyl (C=O) groups is 1. The molecule has 1 heterocycles. The summed E-state index contributed by atoms with van der Waals surface area (Å²) in [5.41, 5.74) is 1.39. The molecule has 7 nitrogen and oxygen atoms in total. The van der Waals surface area contributed by atoms with E-state index in [0.29, 0.717) is 23.4 Å². The highest BCUT2D eigenvalue weighted by molar-refractivity contribution is 7.92. The predicted molar refractivity (Wildman–Crippen MR) is 113 cm³/mol. The first-order valence-electron chi connectivity index (χ1n) is 9.72. The van der Waals surface area contributed by atoms with Crippen molar-refractivity contribution in [2.45, 2.75) is 18.2 Å². The Morgan fingerprint density at radius 3 is 2.55 bits per heavy atom. The molecule has 1 aliphatic rings. The zero-order valence-corrected chi connectivity index (χ0v) is 17.4. The Morgan fingerprint density at radius 2 is 1.83 bits per heavy atom. The van der Waals surface area contributed by atoms with E-state index >= 15 is 0 Å². The van der Waals surface area contributed by atoms with Gasteiger partial charge >= 0.3 is 0 Å². The molecule has 1 fully saturated rings. The van der Waals surface area contributed by atoms with Gasteiger partial charge in [0.05, 0.1) is 18.1 Å². The second kappa shape index (κ2) is 9.87. The molecule has 0 bridgehead atoms. The Bertz CT molecular complexity index is 926. The summed E-state index contributed by atoms with van der Waals surface area (Å²) in [4.78, 5) is 14.9. The van der Waals surface area contributed by atoms with E-state index in [0.717, 1.165) is 39.3 Å². The van der Waals surface area contributed by atoms with Crippen molar-refractivity contribution in [2.24, 2.45) is 0 Å². The van der Waals surface area contributed by atoms with Gasteiger partial charge in [-0.05, 0) is 49.7 Å². The van der Waals surface area contributed by atoms with Gasteiger partial charge in [-0.25, -0.2) is 8.42 Å². The third-order valence-corrected chi connectivity index (χ3v) is 6.33. The number of amides is 1. The van der Waals surface area contributed by atoms with Gasteiger partial charge in [0.2, 0.25) is 0 Å². The summed E-state index contributed by atoms with van der Waals surface area (Å²) < 4.78 is 33.4. The van der Waals surface area contributed by atoms with Crippen molar-refractivity contribution < 1.29 is 17.9 Å². The molecular weight excluding hydrogens is 390 g/mol. The van der Waals surface area contributed by atoms with Gasteiger partial charge < -0.3 is 10.1 Å². The number of carbonyl (C=O) groups excluding carboxylic acids is 1. The molecule has 1 amide bonds. The molecule has 2 N–H and O–H groups in total. The van der Waals surface area contributed by atoms with Gasteiger partial charge in [-0.3, -0.25) is 14.4 Å². The van der Waals surface area contributed by atoms with Crippen LogP contribution in [0.5, 0.6) is 0 Å². The van der Waals surface area contributed by atoms with Crippen molar-refractivity contribution in [1.29, 1.82) is 0 Å².